The molecule has 1 aliphatic rings. The molecule has 0 unspecified atom stereocenters. The SMILES string of the molecule is O=C(NCc1ccccc1)[C@H](c1ccccc1F)N(C[C@@H]1CCCO1)C(=O)Cn1nnc2ccccc21. The van der Waals surface area contributed by atoms with Crippen LogP contribution in [0.25, 0.3) is 11.0 Å². The molecule has 9 heteroatoms. The van der Waals surface area contributed by atoms with Crippen LogP contribution in [0.2, 0.25) is 0 Å². The third-order valence-corrected chi connectivity index (χ3v) is 6.52. The number of halogens is 1. The van der Waals surface area contributed by atoms with Gasteiger partial charge in [-0.1, -0.05) is 65.9 Å². The zero-order valence-electron chi connectivity index (χ0n) is 20.3. The van der Waals surface area contributed by atoms with E-state index in [0.717, 1.165) is 18.4 Å². The maximum Gasteiger partial charge on any atom is 0.247 e. The van der Waals surface area contributed by atoms with Crippen LogP contribution in [0.15, 0.2) is 78.9 Å². The molecule has 0 saturated carbocycles. The molecule has 5 rings (SSSR count). The maximum atomic E-state index is 15.1. The van der Waals surface area contributed by atoms with Crippen molar-refractivity contribution in [2.45, 2.75) is 38.1 Å². The summed E-state index contributed by atoms with van der Waals surface area (Å²) in [5, 5.41) is 11.2. The molecule has 190 valence electrons. The van der Waals surface area contributed by atoms with E-state index in [4.69, 9.17) is 4.74 Å². The number of nitrogens with zero attached hydrogens (tertiary/aromatic N) is 4. The summed E-state index contributed by atoms with van der Waals surface area (Å²) in [7, 11) is 0. The third-order valence-electron chi connectivity index (χ3n) is 6.52. The molecule has 2 heterocycles. The van der Waals surface area contributed by atoms with Crippen molar-refractivity contribution in [3.63, 3.8) is 0 Å². The van der Waals surface area contributed by atoms with E-state index in [1.54, 1.807) is 18.2 Å². The first-order chi connectivity index (χ1) is 18.1. The second kappa shape index (κ2) is 11.3. The van der Waals surface area contributed by atoms with Gasteiger partial charge in [0.25, 0.3) is 0 Å². The summed E-state index contributed by atoms with van der Waals surface area (Å²) < 4.78 is 22.4. The Bertz CT molecular complexity index is 1370. The van der Waals surface area contributed by atoms with Gasteiger partial charge in [0, 0.05) is 25.3 Å². The first-order valence-electron chi connectivity index (χ1n) is 12.4. The van der Waals surface area contributed by atoms with E-state index in [1.165, 1.54) is 15.6 Å². The smallest absolute Gasteiger partial charge is 0.247 e. The highest BCUT2D eigenvalue weighted by Gasteiger charge is 2.36. The van der Waals surface area contributed by atoms with Crippen molar-refractivity contribution in [1.29, 1.82) is 0 Å². The monoisotopic (exact) mass is 501 g/mol. The van der Waals surface area contributed by atoms with E-state index in [-0.39, 0.29) is 37.2 Å². The number of ether oxygens (including phenoxy) is 1. The molecule has 37 heavy (non-hydrogen) atoms. The van der Waals surface area contributed by atoms with Crippen LogP contribution in [0.4, 0.5) is 4.39 Å². The van der Waals surface area contributed by atoms with Gasteiger partial charge >= 0.3 is 0 Å². The second-order valence-corrected chi connectivity index (χ2v) is 9.04. The lowest BCUT2D eigenvalue weighted by molar-refractivity contribution is -0.143. The Kier molecular flexibility index (Phi) is 7.51. The molecule has 4 aromatic rings. The summed E-state index contributed by atoms with van der Waals surface area (Å²) in [5.41, 5.74) is 2.38. The Labute approximate surface area is 214 Å². The van der Waals surface area contributed by atoms with E-state index < -0.39 is 17.8 Å². The molecule has 1 aromatic heterocycles. The molecule has 0 aliphatic carbocycles. The first-order valence-corrected chi connectivity index (χ1v) is 12.4. The molecule has 1 aliphatic heterocycles. The van der Waals surface area contributed by atoms with Crippen LogP contribution in [0.5, 0.6) is 0 Å². The standard InChI is InChI=1S/C28H28FN5O3/c29-23-13-5-4-12-22(23)27(28(36)30-17-20-9-2-1-3-10-20)33(18-21-11-8-16-37-21)26(35)19-34-25-15-7-6-14-24(25)31-32-34/h1-7,9-10,12-15,21,27H,8,11,16-19H2,(H,30,36)/t21-,27-/m0/s1. The van der Waals surface area contributed by atoms with Crippen molar-refractivity contribution in [2.24, 2.45) is 0 Å². The lowest BCUT2D eigenvalue weighted by atomic mass is 10.0. The number of amides is 2. The number of aromatic nitrogens is 3. The molecule has 1 fully saturated rings. The minimum Gasteiger partial charge on any atom is -0.376 e. The normalized spacial score (nSPS) is 16.0. The molecule has 8 nitrogen and oxygen atoms in total. The summed E-state index contributed by atoms with van der Waals surface area (Å²) in [6.07, 6.45) is 1.38. The number of hydrogen-bond acceptors (Lipinski definition) is 5. The predicted molar refractivity (Wildman–Crippen MR) is 136 cm³/mol. The number of fused-ring (bicyclic) bond motifs is 1. The number of nitrogens with one attached hydrogen (secondary N) is 1. The van der Waals surface area contributed by atoms with Crippen LogP contribution >= 0.6 is 0 Å². The third kappa shape index (κ3) is 5.67. The van der Waals surface area contributed by atoms with Gasteiger partial charge in [-0.2, -0.15) is 0 Å². The van der Waals surface area contributed by atoms with E-state index in [9.17, 15) is 9.59 Å². The minimum atomic E-state index is -1.18. The lowest BCUT2D eigenvalue weighted by Gasteiger charge is -2.33. The molecule has 2 atom stereocenters. The quantitative estimate of drug-likeness (QED) is 0.378. The van der Waals surface area contributed by atoms with Gasteiger partial charge in [-0.15, -0.1) is 5.10 Å². The van der Waals surface area contributed by atoms with Crippen molar-refractivity contribution in [2.75, 3.05) is 13.2 Å². The largest absolute Gasteiger partial charge is 0.376 e. The molecule has 0 radical (unpaired) electrons. The number of carbonyl (C=O) groups is 2. The highest BCUT2D eigenvalue weighted by atomic mass is 19.1. The number of para-hydroxylation sites is 1. The fourth-order valence-electron chi connectivity index (χ4n) is 4.64. The summed E-state index contributed by atoms with van der Waals surface area (Å²) in [6.45, 7) is 0.846. The van der Waals surface area contributed by atoms with Crippen LogP contribution in [-0.2, 0) is 27.4 Å². The highest BCUT2D eigenvalue weighted by Crippen LogP contribution is 2.27. The van der Waals surface area contributed by atoms with Gasteiger partial charge in [0.1, 0.15) is 23.9 Å². The van der Waals surface area contributed by atoms with E-state index in [2.05, 4.69) is 15.6 Å². The molecular formula is C28H28FN5O3. The second-order valence-electron chi connectivity index (χ2n) is 9.04. The molecule has 0 bridgehead atoms. The van der Waals surface area contributed by atoms with Gasteiger partial charge < -0.3 is 15.0 Å². The highest BCUT2D eigenvalue weighted by molar-refractivity contribution is 5.89. The Morgan fingerprint density at radius 2 is 1.81 bits per heavy atom. The molecular weight excluding hydrogens is 473 g/mol. The number of hydrogen-bond donors (Lipinski definition) is 1. The summed E-state index contributed by atoms with van der Waals surface area (Å²) in [4.78, 5) is 28.9. The number of carbonyl (C=O) groups excluding carboxylic acids is 2. The average Bonchev–Trinajstić information content (AvgIpc) is 3.59. The zero-order valence-corrected chi connectivity index (χ0v) is 20.3. The minimum absolute atomic E-state index is 0.128. The topological polar surface area (TPSA) is 89.4 Å². The first kappa shape index (κ1) is 24.6. The van der Waals surface area contributed by atoms with E-state index in [0.29, 0.717) is 17.6 Å². The summed E-state index contributed by atoms with van der Waals surface area (Å²) in [6, 6.07) is 21.6. The van der Waals surface area contributed by atoms with Gasteiger partial charge in [-0.25, -0.2) is 9.07 Å². The van der Waals surface area contributed by atoms with Crippen LogP contribution in [0.1, 0.15) is 30.0 Å². The van der Waals surface area contributed by atoms with Crippen molar-refractivity contribution >= 4 is 22.8 Å². The molecule has 1 N–H and O–H groups in total. The zero-order chi connectivity index (χ0) is 25.6. The lowest BCUT2D eigenvalue weighted by Crippen LogP contribution is -2.48. The Morgan fingerprint density at radius 3 is 2.59 bits per heavy atom. The maximum absolute atomic E-state index is 15.1. The Balaban J connectivity index is 1.48. The van der Waals surface area contributed by atoms with Crippen molar-refractivity contribution < 1.29 is 18.7 Å². The van der Waals surface area contributed by atoms with Gasteiger partial charge in [0.15, 0.2) is 0 Å². The van der Waals surface area contributed by atoms with Crippen LogP contribution in [0.3, 0.4) is 0 Å². The molecule has 3 aromatic carbocycles. The van der Waals surface area contributed by atoms with Crippen molar-refractivity contribution in [3.8, 4) is 0 Å². The molecule has 2 amide bonds. The summed E-state index contributed by atoms with van der Waals surface area (Å²) in [5.74, 6) is -1.41. The fourth-order valence-corrected chi connectivity index (χ4v) is 4.64. The predicted octanol–water partition coefficient (Wildman–Crippen LogP) is 3.64. The van der Waals surface area contributed by atoms with Crippen molar-refractivity contribution in [3.05, 3.63) is 95.8 Å². The van der Waals surface area contributed by atoms with Gasteiger partial charge in [-0.05, 0) is 36.6 Å². The van der Waals surface area contributed by atoms with Gasteiger partial charge in [0.2, 0.25) is 11.8 Å². The average molecular weight is 502 g/mol. The van der Waals surface area contributed by atoms with Crippen LogP contribution in [-0.4, -0.2) is 51.0 Å². The Hall–Kier alpha value is -4.11. The number of benzene rings is 3. The summed E-state index contributed by atoms with van der Waals surface area (Å²) >= 11 is 0. The molecule has 0 spiro atoms. The van der Waals surface area contributed by atoms with E-state index in [1.807, 2.05) is 54.6 Å². The fraction of sp³-hybridized carbons (Fsp3) is 0.286. The van der Waals surface area contributed by atoms with E-state index >= 15 is 4.39 Å². The molecule has 1 saturated heterocycles. The van der Waals surface area contributed by atoms with Crippen LogP contribution in [0, 0.1) is 5.82 Å². The number of rotatable bonds is 9. The van der Waals surface area contributed by atoms with Crippen molar-refractivity contribution in [1.82, 2.24) is 25.2 Å². The van der Waals surface area contributed by atoms with Gasteiger partial charge in [-0.3, -0.25) is 9.59 Å². The Morgan fingerprint density at radius 1 is 1.05 bits per heavy atom. The van der Waals surface area contributed by atoms with Crippen LogP contribution < -0.4 is 5.32 Å². The van der Waals surface area contributed by atoms with Gasteiger partial charge in [0.05, 0.1) is 11.6 Å².